The lowest BCUT2D eigenvalue weighted by Crippen LogP contribution is -2.21. The third-order valence-corrected chi connectivity index (χ3v) is 4.03. The number of halogens is 1. The maximum Gasteiger partial charge on any atom is 0.138 e. The molecule has 0 saturated heterocycles. The molecule has 1 aromatic rings. The molecule has 0 atom stereocenters. The molecule has 1 aromatic heterocycles. The van der Waals surface area contributed by atoms with Crippen LogP contribution in [0.2, 0.25) is 0 Å². The molecule has 4 heteroatoms. The molecule has 0 fully saturated rings. The molecule has 0 spiro atoms. The van der Waals surface area contributed by atoms with Gasteiger partial charge in [-0.1, -0.05) is 27.7 Å². The quantitative estimate of drug-likeness (QED) is 0.829. The number of ketones is 1. The summed E-state index contributed by atoms with van der Waals surface area (Å²) >= 11 is 3.61. The summed E-state index contributed by atoms with van der Waals surface area (Å²) in [6, 6.07) is 0. The van der Waals surface area contributed by atoms with Gasteiger partial charge in [0.15, 0.2) is 0 Å². The van der Waals surface area contributed by atoms with Gasteiger partial charge in [-0.15, -0.1) is 0 Å². The molecule has 3 nitrogen and oxygen atoms in total. The van der Waals surface area contributed by atoms with Gasteiger partial charge < -0.3 is 0 Å². The van der Waals surface area contributed by atoms with Crippen molar-refractivity contribution in [2.75, 3.05) is 0 Å². The van der Waals surface area contributed by atoms with Crippen LogP contribution in [0.3, 0.4) is 0 Å². The number of Topliss-reactive ketones (excluding diaryl/α,β-unsaturated/α-hetero) is 1. The summed E-state index contributed by atoms with van der Waals surface area (Å²) < 4.78 is 3.08. The molecular formula is C14H23BrN2O. The van der Waals surface area contributed by atoms with Gasteiger partial charge in [-0.2, -0.15) is 5.10 Å². The maximum atomic E-state index is 12.0. The largest absolute Gasteiger partial charge is 0.299 e. The third kappa shape index (κ3) is 3.44. The molecular weight excluding hydrogens is 292 g/mol. The molecule has 0 aromatic carbocycles. The van der Waals surface area contributed by atoms with Gasteiger partial charge in [-0.05, 0) is 35.7 Å². The first-order chi connectivity index (χ1) is 8.31. The Morgan fingerprint density at radius 1 is 1.33 bits per heavy atom. The number of nitrogens with zero attached hydrogens (tertiary/aromatic N) is 2. The van der Waals surface area contributed by atoms with E-state index in [1.807, 2.05) is 25.5 Å². The van der Waals surface area contributed by atoms with Crippen LogP contribution >= 0.6 is 15.9 Å². The number of hydrogen-bond donors (Lipinski definition) is 0. The first kappa shape index (κ1) is 15.4. The zero-order valence-corrected chi connectivity index (χ0v) is 13.6. The van der Waals surface area contributed by atoms with E-state index in [1.165, 1.54) is 0 Å². The van der Waals surface area contributed by atoms with Gasteiger partial charge in [0.05, 0.1) is 15.9 Å². The number of carbonyl (C=O) groups excluding carboxylic acids is 1. The van der Waals surface area contributed by atoms with Gasteiger partial charge in [0.25, 0.3) is 0 Å². The Hall–Kier alpha value is -0.640. The average molecular weight is 315 g/mol. The van der Waals surface area contributed by atoms with E-state index in [9.17, 15) is 4.79 Å². The van der Waals surface area contributed by atoms with Crippen LogP contribution in [0.15, 0.2) is 4.47 Å². The summed E-state index contributed by atoms with van der Waals surface area (Å²) in [5, 5.41) is 4.55. The molecule has 0 amide bonds. The highest BCUT2D eigenvalue weighted by atomic mass is 79.9. The molecule has 0 unspecified atom stereocenters. The van der Waals surface area contributed by atoms with E-state index in [2.05, 4.69) is 34.9 Å². The van der Waals surface area contributed by atoms with Crippen LogP contribution in [-0.2, 0) is 24.2 Å². The summed E-state index contributed by atoms with van der Waals surface area (Å²) in [6.45, 7) is 10.9. The molecule has 0 N–H and O–H groups in total. The van der Waals surface area contributed by atoms with Crippen LogP contribution in [0.25, 0.3) is 0 Å². The minimum absolute atomic E-state index is 0.253. The second-order valence-corrected chi connectivity index (χ2v) is 6.34. The van der Waals surface area contributed by atoms with E-state index in [0.29, 0.717) is 12.2 Å². The molecule has 102 valence electrons. The molecule has 0 saturated carbocycles. The van der Waals surface area contributed by atoms with Crippen LogP contribution in [0, 0.1) is 5.41 Å². The number of aromatic nitrogens is 2. The predicted octanol–water partition coefficient (Wildman–Crippen LogP) is 3.78. The van der Waals surface area contributed by atoms with Gasteiger partial charge in [-0.3, -0.25) is 9.48 Å². The fraction of sp³-hybridized carbons (Fsp3) is 0.714. The fourth-order valence-electron chi connectivity index (χ4n) is 1.86. The number of rotatable bonds is 5. The van der Waals surface area contributed by atoms with Gasteiger partial charge in [0.1, 0.15) is 5.78 Å². The van der Waals surface area contributed by atoms with E-state index in [1.54, 1.807) is 0 Å². The predicted molar refractivity (Wildman–Crippen MR) is 77.8 cm³/mol. The zero-order chi connectivity index (χ0) is 13.9. The standard InChI is InChI=1S/C14H23BrN2O/c1-6-10-13(15)11(17(7-2)16-10)8-9-12(18)14(3,4)5/h6-9H2,1-5H3. The van der Waals surface area contributed by atoms with Crippen LogP contribution < -0.4 is 0 Å². The summed E-state index contributed by atoms with van der Waals surface area (Å²) in [5.74, 6) is 0.302. The molecule has 0 aliphatic rings. The Bertz CT molecular complexity index is 430. The Morgan fingerprint density at radius 3 is 2.39 bits per heavy atom. The van der Waals surface area contributed by atoms with Crippen LogP contribution in [0.4, 0.5) is 0 Å². The maximum absolute atomic E-state index is 12.0. The molecule has 1 rings (SSSR count). The molecule has 0 bridgehead atoms. The lowest BCUT2D eigenvalue weighted by atomic mass is 9.88. The van der Waals surface area contributed by atoms with E-state index in [0.717, 1.165) is 35.2 Å². The number of hydrogen-bond acceptors (Lipinski definition) is 2. The first-order valence-corrected chi connectivity index (χ1v) is 7.37. The lowest BCUT2D eigenvalue weighted by Gasteiger charge is -2.16. The highest BCUT2D eigenvalue weighted by Gasteiger charge is 2.22. The Morgan fingerprint density at radius 2 is 1.94 bits per heavy atom. The minimum atomic E-state index is -0.253. The second kappa shape index (κ2) is 6.00. The van der Waals surface area contributed by atoms with Crippen LogP contribution in [0.5, 0.6) is 0 Å². The van der Waals surface area contributed by atoms with Gasteiger partial charge in [0.2, 0.25) is 0 Å². The van der Waals surface area contributed by atoms with Crippen molar-refractivity contribution < 1.29 is 4.79 Å². The Kier molecular flexibility index (Phi) is 5.14. The molecule has 18 heavy (non-hydrogen) atoms. The normalized spacial score (nSPS) is 11.9. The van der Waals surface area contributed by atoms with E-state index in [4.69, 9.17) is 0 Å². The number of carbonyl (C=O) groups is 1. The monoisotopic (exact) mass is 314 g/mol. The summed E-state index contributed by atoms with van der Waals surface area (Å²) in [4.78, 5) is 12.0. The van der Waals surface area contributed by atoms with Crippen LogP contribution in [0.1, 0.15) is 52.4 Å². The van der Waals surface area contributed by atoms with Gasteiger partial charge in [-0.25, -0.2) is 0 Å². The Labute approximate surface area is 118 Å². The molecule has 0 aliphatic heterocycles. The SMILES string of the molecule is CCc1nn(CC)c(CCC(=O)C(C)(C)C)c1Br. The highest BCUT2D eigenvalue weighted by Crippen LogP contribution is 2.25. The Balaban J connectivity index is 2.85. The van der Waals surface area contributed by atoms with E-state index >= 15 is 0 Å². The second-order valence-electron chi connectivity index (χ2n) is 5.55. The van der Waals surface area contributed by atoms with Crippen molar-refractivity contribution in [1.82, 2.24) is 9.78 Å². The fourth-order valence-corrected chi connectivity index (χ4v) is 2.63. The summed E-state index contributed by atoms with van der Waals surface area (Å²) in [6.07, 6.45) is 2.25. The van der Waals surface area contributed by atoms with Crippen molar-refractivity contribution in [1.29, 1.82) is 0 Å². The summed E-state index contributed by atoms with van der Waals surface area (Å²) in [5.41, 5.74) is 1.97. The summed E-state index contributed by atoms with van der Waals surface area (Å²) in [7, 11) is 0. The van der Waals surface area contributed by atoms with Gasteiger partial charge in [0, 0.05) is 18.4 Å². The first-order valence-electron chi connectivity index (χ1n) is 6.58. The molecule has 1 heterocycles. The number of aryl methyl sites for hydroxylation is 2. The van der Waals surface area contributed by atoms with E-state index in [-0.39, 0.29) is 5.41 Å². The van der Waals surface area contributed by atoms with Crippen LogP contribution in [-0.4, -0.2) is 15.6 Å². The van der Waals surface area contributed by atoms with Crippen molar-refractivity contribution >= 4 is 21.7 Å². The molecule has 0 aliphatic carbocycles. The van der Waals surface area contributed by atoms with E-state index < -0.39 is 0 Å². The molecule has 0 radical (unpaired) electrons. The van der Waals surface area contributed by atoms with Crippen molar-refractivity contribution in [3.8, 4) is 0 Å². The lowest BCUT2D eigenvalue weighted by molar-refractivity contribution is -0.126. The highest BCUT2D eigenvalue weighted by molar-refractivity contribution is 9.10. The van der Waals surface area contributed by atoms with Crippen molar-refractivity contribution in [2.24, 2.45) is 5.41 Å². The van der Waals surface area contributed by atoms with Crippen molar-refractivity contribution in [3.05, 3.63) is 15.9 Å². The minimum Gasteiger partial charge on any atom is -0.299 e. The van der Waals surface area contributed by atoms with Crippen molar-refractivity contribution in [2.45, 2.75) is 60.4 Å². The smallest absolute Gasteiger partial charge is 0.138 e. The third-order valence-electron chi connectivity index (χ3n) is 3.12. The zero-order valence-electron chi connectivity index (χ0n) is 12.0. The van der Waals surface area contributed by atoms with Crippen molar-refractivity contribution in [3.63, 3.8) is 0 Å². The van der Waals surface area contributed by atoms with Gasteiger partial charge >= 0.3 is 0 Å². The topological polar surface area (TPSA) is 34.9 Å². The average Bonchev–Trinajstić information content (AvgIpc) is 2.61.